The van der Waals surface area contributed by atoms with Crippen molar-refractivity contribution < 1.29 is 29.3 Å². The van der Waals surface area contributed by atoms with Crippen LogP contribution in [0.1, 0.15) is 37.5 Å². The van der Waals surface area contributed by atoms with Crippen LogP contribution in [0.25, 0.3) is 17.1 Å². The lowest BCUT2D eigenvalue weighted by Crippen LogP contribution is -2.16. The van der Waals surface area contributed by atoms with Gasteiger partial charge in [-0.2, -0.15) is 5.26 Å². The van der Waals surface area contributed by atoms with E-state index in [2.05, 4.69) is 4.98 Å². The third-order valence-electron chi connectivity index (χ3n) is 4.18. The largest absolute Gasteiger partial charge is 0.478 e. The van der Waals surface area contributed by atoms with Gasteiger partial charge >= 0.3 is 17.9 Å². The zero-order chi connectivity index (χ0) is 21.7. The molecule has 0 aliphatic carbocycles. The van der Waals surface area contributed by atoms with Gasteiger partial charge in [-0.3, -0.25) is 4.57 Å². The first-order chi connectivity index (χ1) is 14.4. The summed E-state index contributed by atoms with van der Waals surface area (Å²) in [7, 11) is 0. The van der Waals surface area contributed by atoms with Gasteiger partial charge in [-0.15, -0.1) is 0 Å². The number of rotatable bonds is 7. The van der Waals surface area contributed by atoms with Crippen molar-refractivity contribution in [3.8, 4) is 23.1 Å². The van der Waals surface area contributed by atoms with Gasteiger partial charge in [0.05, 0.1) is 29.2 Å². The number of nitrogens with zero attached hydrogens (tertiary/aromatic N) is 3. The van der Waals surface area contributed by atoms with Gasteiger partial charge in [0.2, 0.25) is 0 Å². The lowest BCUT2D eigenvalue weighted by molar-refractivity contribution is 0.0502. The molecule has 9 nitrogen and oxygen atoms in total. The van der Waals surface area contributed by atoms with Crippen molar-refractivity contribution in [3.63, 3.8) is 0 Å². The summed E-state index contributed by atoms with van der Waals surface area (Å²) in [6.45, 7) is -0.250. The van der Waals surface area contributed by atoms with E-state index in [9.17, 15) is 24.6 Å². The Bertz CT molecular complexity index is 1160. The van der Waals surface area contributed by atoms with Crippen LogP contribution in [0.15, 0.2) is 54.9 Å². The molecule has 3 aromatic rings. The van der Waals surface area contributed by atoms with E-state index >= 15 is 0 Å². The van der Waals surface area contributed by atoms with Crippen LogP contribution >= 0.6 is 0 Å². The van der Waals surface area contributed by atoms with E-state index in [4.69, 9.17) is 10.00 Å². The number of aromatic nitrogens is 2. The molecule has 0 spiro atoms. The molecule has 0 amide bonds. The van der Waals surface area contributed by atoms with Crippen LogP contribution in [0, 0.1) is 11.3 Å². The van der Waals surface area contributed by atoms with Gasteiger partial charge in [0, 0.05) is 23.6 Å². The highest BCUT2D eigenvalue weighted by atomic mass is 16.5. The topological polar surface area (TPSA) is 143 Å². The molecule has 0 unspecified atom stereocenters. The van der Waals surface area contributed by atoms with Gasteiger partial charge in [-0.1, -0.05) is 18.2 Å². The number of carboxylic acid groups (broad SMARTS) is 2. The van der Waals surface area contributed by atoms with Gasteiger partial charge in [-0.05, 0) is 24.3 Å². The number of hydrogen-bond acceptors (Lipinski definition) is 6. The number of carboxylic acids is 2. The Morgan fingerprint density at radius 3 is 2.47 bits per heavy atom. The van der Waals surface area contributed by atoms with Crippen molar-refractivity contribution in [1.29, 1.82) is 5.26 Å². The van der Waals surface area contributed by atoms with Crippen LogP contribution in [0.4, 0.5) is 0 Å². The van der Waals surface area contributed by atoms with E-state index in [0.717, 1.165) is 12.1 Å². The van der Waals surface area contributed by atoms with E-state index in [1.807, 2.05) is 6.07 Å². The fourth-order valence-electron chi connectivity index (χ4n) is 2.90. The first-order valence-corrected chi connectivity index (χ1v) is 8.72. The SMILES string of the molecule is N#CCCOC(=O)c1cc(C(=O)O)cc(-c2nccn2-c2ccccc2)c1C(=O)O. The summed E-state index contributed by atoms with van der Waals surface area (Å²) in [6, 6.07) is 12.8. The Morgan fingerprint density at radius 2 is 1.83 bits per heavy atom. The fraction of sp³-hybridized carbons (Fsp3) is 0.0952. The Morgan fingerprint density at radius 1 is 1.10 bits per heavy atom. The fourth-order valence-corrected chi connectivity index (χ4v) is 2.90. The molecule has 0 aliphatic heterocycles. The van der Waals surface area contributed by atoms with Crippen LogP contribution in [0.5, 0.6) is 0 Å². The summed E-state index contributed by atoms with van der Waals surface area (Å²) in [4.78, 5) is 40.4. The van der Waals surface area contributed by atoms with Crippen molar-refractivity contribution in [2.45, 2.75) is 6.42 Å². The van der Waals surface area contributed by atoms with Crippen molar-refractivity contribution in [2.75, 3.05) is 6.61 Å². The third kappa shape index (κ3) is 4.02. The standard InChI is InChI=1S/C21H15N3O6/c22-7-4-10-30-21(29)16-12-13(19(25)26)11-15(17(16)20(27)28)18-23-8-9-24(18)14-5-2-1-3-6-14/h1-3,5-6,8-9,11-12H,4,10H2,(H,25,26)(H,27,28). The summed E-state index contributed by atoms with van der Waals surface area (Å²) in [6.07, 6.45) is 2.94. The van der Waals surface area contributed by atoms with Crippen LogP contribution in [0.2, 0.25) is 0 Å². The van der Waals surface area contributed by atoms with Gasteiger partial charge in [0.15, 0.2) is 0 Å². The van der Waals surface area contributed by atoms with E-state index in [-0.39, 0.29) is 30.0 Å². The maximum atomic E-state index is 12.5. The average molecular weight is 405 g/mol. The number of carbonyl (C=O) groups excluding carboxylic acids is 1. The second-order valence-electron chi connectivity index (χ2n) is 6.06. The Balaban J connectivity index is 2.24. The molecule has 2 N–H and O–H groups in total. The third-order valence-corrected chi connectivity index (χ3v) is 4.18. The van der Waals surface area contributed by atoms with Crippen molar-refractivity contribution in [2.24, 2.45) is 0 Å². The summed E-state index contributed by atoms with van der Waals surface area (Å²) in [5.74, 6) is -3.69. The second-order valence-corrected chi connectivity index (χ2v) is 6.06. The quantitative estimate of drug-likeness (QED) is 0.451. The predicted octanol–water partition coefficient (Wildman–Crippen LogP) is 3.01. The number of aromatic carboxylic acids is 2. The summed E-state index contributed by atoms with van der Waals surface area (Å²) in [5.41, 5.74) is -0.558. The molecule has 0 saturated heterocycles. The van der Waals surface area contributed by atoms with Crippen LogP contribution in [-0.2, 0) is 4.74 Å². The predicted molar refractivity (Wildman–Crippen MR) is 103 cm³/mol. The zero-order valence-electron chi connectivity index (χ0n) is 15.5. The zero-order valence-corrected chi connectivity index (χ0v) is 15.5. The van der Waals surface area contributed by atoms with Crippen LogP contribution < -0.4 is 0 Å². The Labute approximate surface area is 170 Å². The van der Waals surface area contributed by atoms with Crippen molar-refractivity contribution >= 4 is 17.9 Å². The Kier molecular flexibility index (Phi) is 5.89. The van der Waals surface area contributed by atoms with E-state index in [1.54, 1.807) is 41.1 Å². The summed E-state index contributed by atoms with van der Waals surface area (Å²) >= 11 is 0. The van der Waals surface area contributed by atoms with Gasteiger partial charge in [0.25, 0.3) is 0 Å². The molecule has 30 heavy (non-hydrogen) atoms. The highest BCUT2D eigenvalue weighted by Gasteiger charge is 2.27. The first kappa shape index (κ1) is 20.3. The molecule has 3 rings (SSSR count). The second kappa shape index (κ2) is 8.70. The molecule has 1 heterocycles. The smallest absolute Gasteiger partial charge is 0.339 e. The number of hydrogen-bond donors (Lipinski definition) is 2. The molecule has 0 saturated carbocycles. The minimum Gasteiger partial charge on any atom is -0.478 e. The number of imidazole rings is 1. The van der Waals surface area contributed by atoms with E-state index < -0.39 is 29.0 Å². The molecular weight excluding hydrogens is 390 g/mol. The number of carbonyl (C=O) groups is 3. The molecule has 0 aliphatic rings. The number of benzene rings is 2. The van der Waals surface area contributed by atoms with Crippen molar-refractivity contribution in [1.82, 2.24) is 9.55 Å². The minimum atomic E-state index is -1.45. The number of ether oxygens (including phenoxy) is 1. The summed E-state index contributed by atoms with van der Waals surface area (Å²) < 4.78 is 6.52. The molecule has 0 radical (unpaired) electrons. The highest BCUT2D eigenvalue weighted by molar-refractivity contribution is 6.09. The average Bonchev–Trinajstić information content (AvgIpc) is 3.23. The maximum Gasteiger partial charge on any atom is 0.339 e. The molecule has 2 aromatic carbocycles. The highest BCUT2D eigenvalue weighted by Crippen LogP contribution is 2.30. The maximum absolute atomic E-state index is 12.5. The van der Waals surface area contributed by atoms with E-state index in [0.29, 0.717) is 5.69 Å². The number of esters is 1. The molecule has 150 valence electrons. The van der Waals surface area contributed by atoms with Crippen molar-refractivity contribution in [3.05, 3.63) is 71.5 Å². The molecule has 1 aromatic heterocycles. The van der Waals surface area contributed by atoms with Gasteiger partial charge in [-0.25, -0.2) is 19.4 Å². The Hall–Kier alpha value is -4.45. The summed E-state index contributed by atoms with van der Waals surface area (Å²) in [5, 5.41) is 27.9. The molecule has 0 atom stereocenters. The lowest BCUT2D eigenvalue weighted by atomic mass is 9.96. The first-order valence-electron chi connectivity index (χ1n) is 8.72. The molecule has 0 fully saturated rings. The number of nitriles is 1. The van der Waals surface area contributed by atoms with E-state index in [1.165, 1.54) is 6.20 Å². The van der Waals surface area contributed by atoms with Crippen LogP contribution in [0.3, 0.4) is 0 Å². The minimum absolute atomic E-state index is 0.0523. The molecule has 0 bridgehead atoms. The molecule has 9 heteroatoms. The number of para-hydroxylation sites is 1. The molecular formula is C21H15N3O6. The van der Waals surface area contributed by atoms with Gasteiger partial charge < -0.3 is 14.9 Å². The van der Waals surface area contributed by atoms with Gasteiger partial charge in [0.1, 0.15) is 12.4 Å². The monoisotopic (exact) mass is 405 g/mol. The normalized spacial score (nSPS) is 10.2. The van der Waals surface area contributed by atoms with Crippen LogP contribution in [-0.4, -0.2) is 44.3 Å². The lowest BCUT2D eigenvalue weighted by Gasteiger charge is -2.14.